The lowest BCUT2D eigenvalue weighted by Crippen LogP contribution is -2.42. The first kappa shape index (κ1) is 18.3. The molecule has 1 aliphatic rings. The van der Waals surface area contributed by atoms with Gasteiger partial charge in [0.05, 0.1) is 0 Å². The monoisotopic (exact) mass is 384 g/mol. The average Bonchev–Trinajstić information content (AvgIpc) is 3.07. The fraction of sp³-hybridized carbons (Fsp3) is 0.263. The van der Waals surface area contributed by atoms with Gasteiger partial charge in [0.25, 0.3) is 0 Å². The smallest absolute Gasteiger partial charge is 0.198 e. The van der Waals surface area contributed by atoms with E-state index in [1.807, 2.05) is 17.5 Å². The highest BCUT2D eigenvalue weighted by Gasteiger charge is 2.59. The van der Waals surface area contributed by atoms with Crippen LogP contribution in [0.3, 0.4) is 0 Å². The molecule has 2 aromatic rings. The van der Waals surface area contributed by atoms with Gasteiger partial charge in [-0.15, -0.1) is 11.3 Å². The summed E-state index contributed by atoms with van der Waals surface area (Å²) in [5.41, 5.74) is 2.73. The fourth-order valence-electron chi connectivity index (χ4n) is 2.62. The van der Waals surface area contributed by atoms with Crippen molar-refractivity contribution in [1.82, 2.24) is 0 Å². The quantitative estimate of drug-likeness (QED) is 0.494. The fourth-order valence-corrected chi connectivity index (χ4v) is 4.30. The maximum absolute atomic E-state index is 13.6. The molecule has 6 heteroatoms. The van der Waals surface area contributed by atoms with Crippen LogP contribution >= 0.6 is 23.1 Å². The summed E-state index contributed by atoms with van der Waals surface area (Å²) in [5, 5.41) is -2.11. The van der Waals surface area contributed by atoms with Gasteiger partial charge in [0.15, 0.2) is 0 Å². The van der Waals surface area contributed by atoms with E-state index < -0.39 is 17.6 Å². The number of benzene rings is 1. The normalized spacial score (nSPS) is 17.8. The van der Waals surface area contributed by atoms with Crippen LogP contribution in [0.5, 0.6) is 0 Å². The maximum atomic E-state index is 13.6. The van der Waals surface area contributed by atoms with Crippen LogP contribution in [0.15, 0.2) is 53.8 Å². The number of rotatable bonds is 5. The molecule has 1 aromatic carbocycles. The van der Waals surface area contributed by atoms with Crippen molar-refractivity contribution in [2.45, 2.75) is 35.3 Å². The molecular formula is C19H16F4S2. The first-order valence-corrected chi connectivity index (χ1v) is 9.36. The van der Waals surface area contributed by atoms with Gasteiger partial charge in [0, 0.05) is 16.2 Å². The maximum Gasteiger partial charge on any atom is 0.360 e. The molecule has 25 heavy (non-hydrogen) atoms. The third-order valence-corrected chi connectivity index (χ3v) is 6.28. The zero-order valence-electron chi connectivity index (χ0n) is 13.3. The van der Waals surface area contributed by atoms with Crippen molar-refractivity contribution in [3.8, 4) is 0 Å². The Morgan fingerprint density at radius 2 is 1.76 bits per heavy atom. The summed E-state index contributed by atoms with van der Waals surface area (Å²) in [6, 6.07) is 8.67. The van der Waals surface area contributed by atoms with Gasteiger partial charge in [-0.1, -0.05) is 31.4 Å². The lowest BCUT2D eigenvalue weighted by molar-refractivity contribution is -0.153. The lowest BCUT2D eigenvalue weighted by atomic mass is 9.97. The van der Waals surface area contributed by atoms with Crippen molar-refractivity contribution < 1.29 is 17.6 Å². The number of alkyl halides is 4. The second-order valence-electron chi connectivity index (χ2n) is 6.01. The van der Waals surface area contributed by atoms with Gasteiger partial charge < -0.3 is 0 Å². The van der Waals surface area contributed by atoms with Gasteiger partial charge in [-0.25, -0.2) is 0 Å². The molecule has 2 heterocycles. The number of hydrogen-bond acceptors (Lipinski definition) is 2. The minimum absolute atomic E-state index is 0.0652. The third-order valence-electron chi connectivity index (χ3n) is 4.15. The van der Waals surface area contributed by atoms with Crippen LogP contribution in [0.25, 0.3) is 11.1 Å². The Bertz CT molecular complexity index is 807. The van der Waals surface area contributed by atoms with Gasteiger partial charge >= 0.3 is 11.2 Å². The van der Waals surface area contributed by atoms with E-state index in [-0.39, 0.29) is 22.2 Å². The van der Waals surface area contributed by atoms with Gasteiger partial charge in [0.1, 0.15) is 0 Å². The largest absolute Gasteiger partial charge is 0.360 e. The number of allylic oxidation sites excluding steroid dienone is 2. The Balaban J connectivity index is 1.72. The molecule has 0 amide bonds. The van der Waals surface area contributed by atoms with Crippen LogP contribution in [0, 0.1) is 0 Å². The average molecular weight is 384 g/mol. The summed E-state index contributed by atoms with van der Waals surface area (Å²) in [5.74, 6) is -4.03. The second-order valence-corrected chi connectivity index (χ2v) is 8.11. The van der Waals surface area contributed by atoms with Gasteiger partial charge in [-0.2, -0.15) is 17.6 Å². The predicted molar refractivity (Wildman–Crippen MR) is 97.5 cm³/mol. The Kier molecular flexibility index (Phi) is 4.86. The summed E-state index contributed by atoms with van der Waals surface area (Å²) in [6.07, 6.45) is 0.398. The molecule has 0 radical (unpaired) electrons. The number of fused-ring (bicyclic) bond motifs is 1. The standard InChI is InChI=1S/C19H16F4S2/c1-12(5-6-13(2)16-4-3-9-24-16)14-7-8-15-11-18(20,21)19(22,23)25-17(15)10-14/h3-4,7-10H,1-2,5-6,11H2. The molecule has 0 nitrogen and oxygen atoms in total. The van der Waals surface area contributed by atoms with Crippen molar-refractivity contribution in [1.29, 1.82) is 0 Å². The molecule has 0 unspecified atom stereocenters. The van der Waals surface area contributed by atoms with Crippen molar-refractivity contribution in [2.75, 3.05) is 0 Å². The molecule has 0 fully saturated rings. The zero-order valence-corrected chi connectivity index (χ0v) is 15.0. The van der Waals surface area contributed by atoms with Gasteiger partial charge in [-0.3, -0.25) is 0 Å². The van der Waals surface area contributed by atoms with Crippen molar-refractivity contribution >= 4 is 34.2 Å². The van der Waals surface area contributed by atoms with E-state index in [4.69, 9.17) is 0 Å². The molecule has 3 rings (SSSR count). The van der Waals surface area contributed by atoms with Crippen molar-refractivity contribution in [3.05, 3.63) is 64.9 Å². The lowest BCUT2D eigenvalue weighted by Gasteiger charge is -2.31. The van der Waals surface area contributed by atoms with E-state index in [0.717, 1.165) is 16.0 Å². The molecule has 0 saturated heterocycles. The summed E-state index contributed by atoms with van der Waals surface area (Å²) < 4.78 is 54.1. The van der Waals surface area contributed by atoms with Crippen LogP contribution in [-0.2, 0) is 6.42 Å². The van der Waals surface area contributed by atoms with E-state index in [2.05, 4.69) is 13.2 Å². The van der Waals surface area contributed by atoms with Crippen molar-refractivity contribution in [3.63, 3.8) is 0 Å². The van der Waals surface area contributed by atoms with E-state index in [0.29, 0.717) is 18.4 Å². The number of hydrogen-bond donors (Lipinski definition) is 0. The number of thioether (sulfide) groups is 1. The van der Waals surface area contributed by atoms with E-state index in [1.54, 1.807) is 23.5 Å². The molecule has 0 saturated carbocycles. The Labute approximate surface area is 152 Å². The second kappa shape index (κ2) is 6.65. The topological polar surface area (TPSA) is 0 Å². The Morgan fingerprint density at radius 1 is 1.04 bits per heavy atom. The molecule has 0 atom stereocenters. The molecule has 0 N–H and O–H groups in total. The summed E-state index contributed by atoms with van der Waals surface area (Å²) in [6.45, 7) is 8.06. The van der Waals surface area contributed by atoms with Gasteiger partial charge in [-0.05, 0) is 64.4 Å². The first-order valence-electron chi connectivity index (χ1n) is 7.67. The zero-order chi connectivity index (χ0) is 18.2. The molecule has 1 aromatic heterocycles. The van der Waals surface area contributed by atoms with Crippen LogP contribution < -0.4 is 0 Å². The minimum Gasteiger partial charge on any atom is -0.198 e. The van der Waals surface area contributed by atoms with E-state index in [9.17, 15) is 17.6 Å². The first-order chi connectivity index (χ1) is 11.7. The van der Waals surface area contributed by atoms with E-state index in [1.165, 1.54) is 6.07 Å². The predicted octanol–water partition coefficient (Wildman–Crippen LogP) is 7.13. The molecular weight excluding hydrogens is 368 g/mol. The highest BCUT2D eigenvalue weighted by atomic mass is 32.2. The molecule has 0 aliphatic carbocycles. The number of thiophene rings is 1. The third kappa shape index (κ3) is 3.70. The highest BCUT2D eigenvalue weighted by Crippen LogP contribution is 2.53. The van der Waals surface area contributed by atoms with Crippen LogP contribution in [-0.4, -0.2) is 11.2 Å². The molecule has 0 bridgehead atoms. The highest BCUT2D eigenvalue weighted by molar-refractivity contribution is 8.00. The summed E-state index contributed by atoms with van der Waals surface area (Å²) in [7, 11) is 0. The molecule has 1 aliphatic heterocycles. The van der Waals surface area contributed by atoms with Crippen LogP contribution in [0.4, 0.5) is 17.6 Å². The van der Waals surface area contributed by atoms with Crippen LogP contribution in [0.2, 0.25) is 0 Å². The summed E-state index contributed by atoms with van der Waals surface area (Å²) >= 11 is 1.54. The van der Waals surface area contributed by atoms with Gasteiger partial charge in [0.2, 0.25) is 0 Å². The molecule has 132 valence electrons. The van der Waals surface area contributed by atoms with E-state index >= 15 is 0 Å². The SMILES string of the molecule is C=C(CCC(=C)c1cccs1)c1ccc2c(c1)SC(F)(F)C(F)(F)C2. The molecule has 0 spiro atoms. The summed E-state index contributed by atoms with van der Waals surface area (Å²) in [4.78, 5) is 1.31. The number of halogens is 4. The van der Waals surface area contributed by atoms with Crippen LogP contribution in [0.1, 0.15) is 28.8 Å². The van der Waals surface area contributed by atoms with Crippen molar-refractivity contribution in [2.24, 2.45) is 0 Å². The minimum atomic E-state index is -4.09. The Hall–Kier alpha value is -1.53. The Morgan fingerprint density at radius 3 is 2.44 bits per heavy atom.